The molecule has 0 radical (unpaired) electrons. The Morgan fingerprint density at radius 2 is 2.08 bits per heavy atom. The molecule has 0 spiro atoms. The van der Waals surface area contributed by atoms with E-state index >= 15 is 0 Å². The molecule has 4 atom stereocenters. The fourth-order valence-corrected chi connectivity index (χ4v) is 3.66. The quantitative estimate of drug-likeness (QED) is 0.603. The first-order chi connectivity index (χ1) is 6.11. The summed E-state index contributed by atoms with van der Waals surface area (Å²) in [5, 5.41) is 9.05. The number of nitrogens with zero attached hydrogens (tertiary/aromatic N) is 1. The molecule has 0 N–H and O–H groups in total. The Labute approximate surface area is 81.1 Å². The molecule has 0 saturated heterocycles. The van der Waals surface area contributed by atoms with Gasteiger partial charge in [0.15, 0.2) is 0 Å². The first-order valence-corrected chi connectivity index (χ1v) is 5.50. The molecule has 4 unspecified atom stereocenters. The maximum Gasteiger partial charge on any atom is 0.0658 e. The Bertz CT molecular complexity index is 248. The summed E-state index contributed by atoms with van der Waals surface area (Å²) < 4.78 is 0. The second-order valence-electron chi connectivity index (χ2n) is 5.40. The van der Waals surface area contributed by atoms with Crippen LogP contribution in [0.3, 0.4) is 0 Å². The van der Waals surface area contributed by atoms with Crippen molar-refractivity contribution in [1.82, 2.24) is 0 Å². The van der Waals surface area contributed by atoms with E-state index in [1.165, 1.54) is 19.3 Å². The fraction of sp³-hybridized carbons (Fsp3) is 0.917. The van der Waals surface area contributed by atoms with E-state index in [1.807, 2.05) is 0 Å². The molecular weight excluding hydrogens is 158 g/mol. The van der Waals surface area contributed by atoms with Gasteiger partial charge in [0.25, 0.3) is 0 Å². The summed E-state index contributed by atoms with van der Waals surface area (Å²) in [6, 6.07) is 2.50. The molecule has 3 saturated carbocycles. The molecule has 0 aliphatic heterocycles. The van der Waals surface area contributed by atoms with E-state index < -0.39 is 0 Å². The molecule has 0 aromatic carbocycles. The Kier molecular flexibility index (Phi) is 1.91. The lowest BCUT2D eigenvalue weighted by atomic mass is 9.43. The molecule has 1 heteroatoms. The molecule has 13 heavy (non-hydrogen) atoms. The van der Waals surface area contributed by atoms with Crippen molar-refractivity contribution in [1.29, 1.82) is 5.26 Å². The largest absolute Gasteiger partial charge is 0.198 e. The Morgan fingerprint density at radius 1 is 1.38 bits per heavy atom. The van der Waals surface area contributed by atoms with E-state index in [0.717, 1.165) is 11.8 Å². The van der Waals surface area contributed by atoms with Crippen molar-refractivity contribution in [3.05, 3.63) is 0 Å². The Morgan fingerprint density at radius 3 is 2.54 bits per heavy atom. The molecule has 3 fully saturated rings. The van der Waals surface area contributed by atoms with Crippen LogP contribution in [0.25, 0.3) is 0 Å². The molecule has 3 aliphatic rings. The van der Waals surface area contributed by atoms with Crippen LogP contribution in [0.4, 0.5) is 0 Å². The molecular formula is C12H19N. The van der Waals surface area contributed by atoms with E-state index in [9.17, 15) is 0 Å². The average molecular weight is 177 g/mol. The molecule has 2 bridgehead atoms. The van der Waals surface area contributed by atoms with Crippen LogP contribution in [0, 0.1) is 40.4 Å². The highest BCUT2D eigenvalue weighted by Crippen LogP contribution is 2.63. The Hall–Kier alpha value is -0.510. The third-order valence-corrected chi connectivity index (χ3v) is 4.76. The van der Waals surface area contributed by atoms with Crippen LogP contribution in [0.5, 0.6) is 0 Å². The van der Waals surface area contributed by atoms with Crippen LogP contribution in [-0.2, 0) is 0 Å². The summed E-state index contributed by atoms with van der Waals surface area (Å²) in [4.78, 5) is 0. The van der Waals surface area contributed by atoms with E-state index in [4.69, 9.17) is 5.26 Å². The fourth-order valence-electron chi connectivity index (χ4n) is 3.66. The third kappa shape index (κ3) is 1.04. The van der Waals surface area contributed by atoms with Crippen molar-refractivity contribution in [2.45, 2.75) is 40.0 Å². The second-order valence-corrected chi connectivity index (χ2v) is 5.40. The molecule has 0 aromatic heterocycles. The van der Waals surface area contributed by atoms with E-state index in [-0.39, 0.29) is 0 Å². The van der Waals surface area contributed by atoms with Gasteiger partial charge in [-0.1, -0.05) is 27.2 Å². The van der Waals surface area contributed by atoms with Crippen LogP contribution in [0.2, 0.25) is 0 Å². The smallest absolute Gasteiger partial charge is 0.0658 e. The van der Waals surface area contributed by atoms with E-state index in [2.05, 4.69) is 26.8 Å². The van der Waals surface area contributed by atoms with Crippen molar-refractivity contribution in [2.24, 2.45) is 29.1 Å². The van der Waals surface area contributed by atoms with E-state index in [0.29, 0.717) is 17.3 Å². The average Bonchev–Trinajstić information content (AvgIpc) is 2.16. The van der Waals surface area contributed by atoms with Crippen molar-refractivity contribution in [3.8, 4) is 6.07 Å². The maximum absolute atomic E-state index is 9.05. The highest BCUT2D eigenvalue weighted by Gasteiger charge is 2.56. The van der Waals surface area contributed by atoms with Crippen LogP contribution >= 0.6 is 0 Å². The summed E-state index contributed by atoms with van der Waals surface area (Å²) in [5.41, 5.74) is 0.536. The van der Waals surface area contributed by atoms with Gasteiger partial charge in [-0.05, 0) is 36.0 Å². The van der Waals surface area contributed by atoms with Crippen LogP contribution in [-0.4, -0.2) is 0 Å². The normalized spacial score (nSPS) is 46.3. The predicted octanol–water partition coefficient (Wildman–Crippen LogP) is 3.22. The molecule has 0 heterocycles. The minimum Gasteiger partial charge on any atom is -0.198 e. The van der Waals surface area contributed by atoms with Crippen molar-refractivity contribution >= 4 is 0 Å². The first kappa shape index (κ1) is 9.06. The summed E-state index contributed by atoms with van der Waals surface area (Å²) in [5.74, 6) is 2.72. The van der Waals surface area contributed by atoms with Crippen molar-refractivity contribution in [2.75, 3.05) is 0 Å². The first-order valence-electron chi connectivity index (χ1n) is 5.50. The van der Waals surface area contributed by atoms with Gasteiger partial charge >= 0.3 is 0 Å². The van der Waals surface area contributed by atoms with E-state index in [1.54, 1.807) is 0 Å². The molecule has 0 aromatic rings. The van der Waals surface area contributed by atoms with Crippen LogP contribution in [0.15, 0.2) is 0 Å². The van der Waals surface area contributed by atoms with Gasteiger partial charge in [-0.3, -0.25) is 0 Å². The summed E-state index contributed by atoms with van der Waals surface area (Å²) >= 11 is 0. The zero-order chi connectivity index (χ0) is 9.64. The monoisotopic (exact) mass is 177 g/mol. The van der Waals surface area contributed by atoms with Gasteiger partial charge in [0.05, 0.1) is 6.07 Å². The van der Waals surface area contributed by atoms with Gasteiger partial charge in [-0.2, -0.15) is 5.26 Å². The maximum atomic E-state index is 9.05. The lowest BCUT2D eigenvalue weighted by Crippen LogP contribution is -2.55. The van der Waals surface area contributed by atoms with Gasteiger partial charge < -0.3 is 0 Å². The van der Waals surface area contributed by atoms with Crippen LogP contribution < -0.4 is 0 Å². The number of hydrogen-bond acceptors (Lipinski definition) is 1. The third-order valence-electron chi connectivity index (χ3n) is 4.76. The zero-order valence-corrected chi connectivity index (χ0v) is 8.88. The standard InChI is InChI=1S/C12H19N/c1-4-10-8(7-13)5-9-6-11(10)12(9,2)3/h8-11H,4-6H2,1-3H3. The summed E-state index contributed by atoms with van der Waals surface area (Å²) in [6.45, 7) is 7.02. The highest BCUT2D eigenvalue weighted by atomic mass is 14.6. The molecule has 3 rings (SSSR count). The minimum absolute atomic E-state index is 0.363. The molecule has 3 aliphatic carbocycles. The van der Waals surface area contributed by atoms with Gasteiger partial charge in [0.1, 0.15) is 0 Å². The molecule has 0 amide bonds. The highest BCUT2D eigenvalue weighted by molar-refractivity contribution is 5.09. The minimum atomic E-state index is 0.363. The second kappa shape index (κ2) is 2.74. The van der Waals surface area contributed by atoms with Gasteiger partial charge in [-0.15, -0.1) is 0 Å². The predicted molar refractivity (Wildman–Crippen MR) is 52.9 cm³/mol. The summed E-state index contributed by atoms with van der Waals surface area (Å²) in [7, 11) is 0. The number of rotatable bonds is 1. The van der Waals surface area contributed by atoms with Crippen LogP contribution in [0.1, 0.15) is 40.0 Å². The van der Waals surface area contributed by atoms with Crippen molar-refractivity contribution < 1.29 is 0 Å². The SMILES string of the molecule is CCC1C(C#N)CC2CC1C2(C)C. The molecule has 1 nitrogen and oxygen atoms in total. The topological polar surface area (TPSA) is 23.8 Å². The lowest BCUT2D eigenvalue weighted by molar-refractivity contribution is -0.123. The number of nitriles is 1. The summed E-state index contributed by atoms with van der Waals surface area (Å²) in [6.07, 6.45) is 3.75. The van der Waals surface area contributed by atoms with Gasteiger partial charge in [0.2, 0.25) is 0 Å². The zero-order valence-electron chi connectivity index (χ0n) is 8.88. The Balaban J connectivity index is 2.18. The number of hydrogen-bond donors (Lipinski definition) is 0. The van der Waals surface area contributed by atoms with Crippen molar-refractivity contribution in [3.63, 3.8) is 0 Å². The van der Waals surface area contributed by atoms with Gasteiger partial charge in [0, 0.05) is 5.92 Å². The van der Waals surface area contributed by atoms with Gasteiger partial charge in [-0.25, -0.2) is 0 Å². The number of fused-ring (bicyclic) bond motifs is 2. The molecule has 72 valence electrons. The lowest BCUT2D eigenvalue weighted by Gasteiger charge is -2.61.